The summed E-state index contributed by atoms with van der Waals surface area (Å²) in [4.78, 5) is 25.0. The van der Waals surface area contributed by atoms with Crippen molar-refractivity contribution in [2.75, 3.05) is 0 Å². The maximum atomic E-state index is 12.3. The Bertz CT molecular complexity index is 789. The number of rotatable bonds is 6. The van der Waals surface area contributed by atoms with Crippen molar-refractivity contribution in [1.82, 2.24) is 20.3 Å². The predicted molar refractivity (Wildman–Crippen MR) is 94.0 cm³/mol. The van der Waals surface area contributed by atoms with E-state index in [-0.39, 0.29) is 11.9 Å². The summed E-state index contributed by atoms with van der Waals surface area (Å²) in [5.74, 6) is -0.151. The van der Waals surface area contributed by atoms with Crippen molar-refractivity contribution in [3.63, 3.8) is 0 Å². The fourth-order valence-electron chi connectivity index (χ4n) is 2.36. The Morgan fingerprint density at radius 2 is 2.08 bits per heavy atom. The molecule has 5 nitrogen and oxygen atoms in total. The topological polar surface area (TPSA) is 67.8 Å². The minimum Gasteiger partial charge on any atom is -0.348 e. The number of nitrogens with zero attached hydrogens (tertiary/aromatic N) is 3. The molecule has 0 bridgehead atoms. The summed E-state index contributed by atoms with van der Waals surface area (Å²) in [5.41, 5.74) is 2.51. The lowest BCUT2D eigenvalue weighted by molar-refractivity contribution is 0.0935. The molecule has 0 aliphatic carbocycles. The summed E-state index contributed by atoms with van der Waals surface area (Å²) in [7, 11) is 0. The number of carbonyl (C=O) groups is 1. The summed E-state index contributed by atoms with van der Waals surface area (Å²) >= 11 is 1.51. The van der Waals surface area contributed by atoms with Gasteiger partial charge in [-0.1, -0.05) is 30.3 Å². The fourth-order valence-corrected chi connectivity index (χ4v) is 3.17. The number of aromatic nitrogens is 3. The number of nitrogens with one attached hydrogen (secondary N) is 1. The highest BCUT2D eigenvalue weighted by atomic mass is 32.1. The SMILES string of the molecule is CC(Cc1cnccn1)NC(=O)c1csc(Cc2ccccc2)n1. The van der Waals surface area contributed by atoms with Crippen LogP contribution < -0.4 is 5.32 Å². The Morgan fingerprint density at radius 3 is 2.83 bits per heavy atom. The molecule has 1 aromatic carbocycles. The molecule has 1 unspecified atom stereocenters. The fraction of sp³-hybridized carbons (Fsp3) is 0.222. The summed E-state index contributed by atoms with van der Waals surface area (Å²) in [5, 5.41) is 5.71. The Balaban J connectivity index is 1.57. The van der Waals surface area contributed by atoms with E-state index in [1.54, 1.807) is 18.6 Å². The first kappa shape index (κ1) is 16.3. The largest absolute Gasteiger partial charge is 0.348 e. The lowest BCUT2D eigenvalue weighted by atomic mass is 10.2. The quantitative estimate of drug-likeness (QED) is 0.750. The number of thiazole rings is 1. The maximum Gasteiger partial charge on any atom is 0.270 e. The normalized spacial score (nSPS) is 11.9. The van der Waals surface area contributed by atoms with Gasteiger partial charge < -0.3 is 5.32 Å². The Labute approximate surface area is 144 Å². The van der Waals surface area contributed by atoms with Crippen LogP contribution >= 0.6 is 11.3 Å². The van der Waals surface area contributed by atoms with Gasteiger partial charge in [0.15, 0.2) is 0 Å². The number of hydrogen-bond donors (Lipinski definition) is 1. The van der Waals surface area contributed by atoms with Crippen LogP contribution in [0.2, 0.25) is 0 Å². The summed E-state index contributed by atoms with van der Waals surface area (Å²) in [6.45, 7) is 1.95. The summed E-state index contributed by atoms with van der Waals surface area (Å²) < 4.78 is 0. The van der Waals surface area contributed by atoms with Crippen LogP contribution in [0.1, 0.15) is 33.7 Å². The lowest BCUT2D eigenvalue weighted by Gasteiger charge is -2.12. The summed E-state index contributed by atoms with van der Waals surface area (Å²) in [6, 6.07) is 10.1. The predicted octanol–water partition coefficient (Wildman–Crippen LogP) is 2.88. The van der Waals surface area contributed by atoms with Gasteiger partial charge in [0.25, 0.3) is 5.91 Å². The van der Waals surface area contributed by atoms with Gasteiger partial charge in [-0.2, -0.15) is 0 Å². The van der Waals surface area contributed by atoms with E-state index in [2.05, 4.69) is 32.4 Å². The first-order valence-electron chi connectivity index (χ1n) is 7.75. The average molecular weight is 338 g/mol. The van der Waals surface area contributed by atoms with Crippen molar-refractivity contribution in [1.29, 1.82) is 0 Å². The number of hydrogen-bond acceptors (Lipinski definition) is 5. The van der Waals surface area contributed by atoms with Crippen molar-refractivity contribution in [2.45, 2.75) is 25.8 Å². The maximum absolute atomic E-state index is 12.3. The monoisotopic (exact) mass is 338 g/mol. The molecule has 24 heavy (non-hydrogen) atoms. The molecule has 2 heterocycles. The van der Waals surface area contributed by atoms with Gasteiger partial charge in [-0.25, -0.2) is 4.98 Å². The van der Waals surface area contributed by atoms with E-state index in [4.69, 9.17) is 0 Å². The van der Waals surface area contributed by atoms with Crippen LogP contribution in [-0.2, 0) is 12.8 Å². The van der Waals surface area contributed by atoms with Crippen LogP contribution in [0.3, 0.4) is 0 Å². The number of benzene rings is 1. The molecule has 2 aromatic heterocycles. The molecule has 6 heteroatoms. The third kappa shape index (κ3) is 4.45. The van der Waals surface area contributed by atoms with Crippen molar-refractivity contribution >= 4 is 17.2 Å². The van der Waals surface area contributed by atoms with Crippen LogP contribution in [-0.4, -0.2) is 26.9 Å². The van der Waals surface area contributed by atoms with E-state index in [1.165, 1.54) is 16.9 Å². The molecule has 0 radical (unpaired) electrons. The summed E-state index contributed by atoms with van der Waals surface area (Å²) in [6.07, 6.45) is 6.38. The third-order valence-corrected chi connectivity index (χ3v) is 4.34. The number of carbonyl (C=O) groups excluding carboxylic acids is 1. The van der Waals surface area contributed by atoms with Gasteiger partial charge in [-0.3, -0.25) is 14.8 Å². The third-order valence-electron chi connectivity index (χ3n) is 3.49. The molecule has 0 saturated heterocycles. The lowest BCUT2D eigenvalue weighted by Crippen LogP contribution is -2.34. The number of amides is 1. The van der Waals surface area contributed by atoms with Crippen LogP contribution in [0.15, 0.2) is 54.3 Å². The molecular formula is C18H18N4OS. The van der Waals surface area contributed by atoms with E-state index in [0.29, 0.717) is 12.1 Å². The Morgan fingerprint density at radius 1 is 1.25 bits per heavy atom. The second kappa shape index (κ2) is 7.79. The van der Waals surface area contributed by atoms with Crippen LogP contribution in [0, 0.1) is 0 Å². The van der Waals surface area contributed by atoms with Crippen LogP contribution in [0.4, 0.5) is 0 Å². The van der Waals surface area contributed by atoms with E-state index < -0.39 is 0 Å². The molecule has 0 aliphatic rings. The van der Waals surface area contributed by atoms with Crippen molar-refractivity contribution in [3.05, 3.63) is 76.3 Å². The molecule has 0 aliphatic heterocycles. The molecular weight excluding hydrogens is 320 g/mol. The zero-order chi connectivity index (χ0) is 16.8. The molecule has 1 N–H and O–H groups in total. The van der Waals surface area contributed by atoms with Gasteiger partial charge in [-0.05, 0) is 12.5 Å². The molecule has 0 fully saturated rings. The van der Waals surface area contributed by atoms with E-state index in [1.807, 2.05) is 30.5 Å². The zero-order valence-corrected chi connectivity index (χ0v) is 14.2. The van der Waals surface area contributed by atoms with Crippen molar-refractivity contribution < 1.29 is 4.79 Å². The molecule has 3 rings (SSSR count). The molecule has 0 spiro atoms. The molecule has 0 saturated carbocycles. The van der Waals surface area contributed by atoms with E-state index in [0.717, 1.165) is 17.1 Å². The second-order valence-electron chi connectivity index (χ2n) is 5.56. The minimum absolute atomic E-state index is 0.0338. The first-order valence-corrected chi connectivity index (χ1v) is 8.63. The molecule has 1 atom stereocenters. The highest BCUT2D eigenvalue weighted by molar-refractivity contribution is 7.09. The van der Waals surface area contributed by atoms with Crippen molar-refractivity contribution in [3.8, 4) is 0 Å². The average Bonchev–Trinajstić information content (AvgIpc) is 3.05. The van der Waals surface area contributed by atoms with E-state index in [9.17, 15) is 4.79 Å². The van der Waals surface area contributed by atoms with Gasteiger partial charge in [0.2, 0.25) is 0 Å². The first-order chi connectivity index (χ1) is 11.7. The zero-order valence-electron chi connectivity index (χ0n) is 13.3. The second-order valence-corrected chi connectivity index (χ2v) is 6.51. The van der Waals surface area contributed by atoms with Crippen molar-refractivity contribution in [2.24, 2.45) is 0 Å². The van der Waals surface area contributed by atoms with Gasteiger partial charge in [0, 0.05) is 42.9 Å². The van der Waals surface area contributed by atoms with Gasteiger partial charge in [0.05, 0.1) is 10.7 Å². The van der Waals surface area contributed by atoms with Gasteiger partial charge >= 0.3 is 0 Å². The highest BCUT2D eigenvalue weighted by Crippen LogP contribution is 2.15. The van der Waals surface area contributed by atoms with Gasteiger partial charge in [0.1, 0.15) is 5.69 Å². The standard InChI is InChI=1S/C18H18N4OS/c1-13(9-15-11-19-7-8-20-15)21-18(23)16-12-24-17(22-16)10-14-5-3-2-4-6-14/h2-8,11-13H,9-10H2,1H3,(H,21,23). The molecule has 122 valence electrons. The van der Waals surface area contributed by atoms with Gasteiger partial charge in [-0.15, -0.1) is 11.3 Å². The highest BCUT2D eigenvalue weighted by Gasteiger charge is 2.14. The molecule has 1 amide bonds. The Hall–Kier alpha value is -2.60. The Kier molecular flexibility index (Phi) is 5.28. The molecule has 3 aromatic rings. The van der Waals surface area contributed by atoms with E-state index >= 15 is 0 Å². The minimum atomic E-state index is -0.151. The van der Waals surface area contributed by atoms with Crippen LogP contribution in [0.5, 0.6) is 0 Å². The van der Waals surface area contributed by atoms with Crippen LogP contribution in [0.25, 0.3) is 0 Å². The smallest absolute Gasteiger partial charge is 0.270 e.